The molecule has 2 aromatic heterocycles. The molecule has 6 heteroatoms. The van der Waals surface area contributed by atoms with Gasteiger partial charge < -0.3 is 14.8 Å². The Hall–Kier alpha value is -1.89. The van der Waals surface area contributed by atoms with Gasteiger partial charge in [0, 0.05) is 35.0 Å². The lowest BCUT2D eigenvalue weighted by Crippen LogP contribution is -2.23. The minimum atomic E-state index is 0.180. The van der Waals surface area contributed by atoms with Gasteiger partial charge in [-0.05, 0) is 29.6 Å². The zero-order valence-electron chi connectivity index (χ0n) is 13.7. The second-order valence-electron chi connectivity index (χ2n) is 5.27. The molecule has 0 aliphatic carbocycles. The zero-order chi connectivity index (χ0) is 16.8. The molecular weight excluding hydrogens is 340 g/mol. The van der Waals surface area contributed by atoms with E-state index in [0.29, 0.717) is 6.54 Å². The van der Waals surface area contributed by atoms with Gasteiger partial charge in [0.15, 0.2) is 0 Å². The summed E-state index contributed by atoms with van der Waals surface area (Å²) in [4.78, 5) is 5.84. The van der Waals surface area contributed by atoms with Crippen LogP contribution in [0, 0.1) is 0 Å². The van der Waals surface area contributed by atoms with E-state index in [9.17, 15) is 0 Å². The predicted molar refractivity (Wildman–Crippen MR) is 99.3 cm³/mol. The SMILES string of the molecule is COc1ccc(OC)c(CNC(Cc2cccs2)c2nccs2)c1. The number of nitrogens with zero attached hydrogens (tertiary/aromatic N) is 1. The molecule has 0 bridgehead atoms. The van der Waals surface area contributed by atoms with Crippen molar-refractivity contribution in [2.75, 3.05) is 14.2 Å². The second kappa shape index (κ2) is 8.28. The van der Waals surface area contributed by atoms with E-state index in [2.05, 4.69) is 27.8 Å². The number of aromatic nitrogens is 1. The number of hydrogen-bond acceptors (Lipinski definition) is 6. The van der Waals surface area contributed by atoms with Crippen molar-refractivity contribution < 1.29 is 9.47 Å². The van der Waals surface area contributed by atoms with Crippen LogP contribution in [-0.2, 0) is 13.0 Å². The fraction of sp³-hybridized carbons (Fsp3) is 0.278. The van der Waals surface area contributed by atoms with Crippen molar-refractivity contribution in [1.82, 2.24) is 10.3 Å². The summed E-state index contributed by atoms with van der Waals surface area (Å²) in [6.07, 6.45) is 2.78. The molecule has 0 saturated carbocycles. The van der Waals surface area contributed by atoms with Crippen LogP contribution in [0.5, 0.6) is 11.5 Å². The molecule has 24 heavy (non-hydrogen) atoms. The Kier molecular flexibility index (Phi) is 5.85. The van der Waals surface area contributed by atoms with Crippen LogP contribution in [0.1, 0.15) is 21.5 Å². The quantitative estimate of drug-likeness (QED) is 0.651. The Bertz CT molecular complexity index is 742. The second-order valence-corrected chi connectivity index (χ2v) is 7.22. The summed E-state index contributed by atoms with van der Waals surface area (Å²) in [6.45, 7) is 0.690. The molecule has 0 saturated heterocycles. The highest BCUT2D eigenvalue weighted by Gasteiger charge is 2.16. The summed E-state index contributed by atoms with van der Waals surface area (Å²) < 4.78 is 10.8. The van der Waals surface area contributed by atoms with Crippen LogP contribution >= 0.6 is 22.7 Å². The highest BCUT2D eigenvalue weighted by Crippen LogP contribution is 2.27. The first-order chi connectivity index (χ1) is 11.8. The third-order valence-corrected chi connectivity index (χ3v) is 5.55. The summed E-state index contributed by atoms with van der Waals surface area (Å²) in [5.41, 5.74) is 1.07. The molecule has 3 rings (SSSR count). The van der Waals surface area contributed by atoms with Gasteiger partial charge in [0.05, 0.1) is 20.3 Å². The van der Waals surface area contributed by atoms with Gasteiger partial charge in [-0.1, -0.05) is 6.07 Å². The lowest BCUT2D eigenvalue weighted by molar-refractivity contribution is 0.395. The Balaban J connectivity index is 1.76. The van der Waals surface area contributed by atoms with Crippen LogP contribution < -0.4 is 14.8 Å². The number of thiophene rings is 1. The van der Waals surface area contributed by atoms with Crippen molar-refractivity contribution in [2.45, 2.75) is 19.0 Å². The van der Waals surface area contributed by atoms with Crippen molar-refractivity contribution >= 4 is 22.7 Å². The van der Waals surface area contributed by atoms with Crippen LogP contribution in [0.15, 0.2) is 47.3 Å². The highest BCUT2D eigenvalue weighted by molar-refractivity contribution is 7.10. The van der Waals surface area contributed by atoms with Crippen LogP contribution in [0.4, 0.5) is 0 Å². The number of benzene rings is 1. The van der Waals surface area contributed by atoms with E-state index in [4.69, 9.17) is 9.47 Å². The minimum Gasteiger partial charge on any atom is -0.497 e. The minimum absolute atomic E-state index is 0.180. The number of ether oxygens (including phenoxy) is 2. The number of thiazole rings is 1. The molecule has 1 atom stereocenters. The van der Waals surface area contributed by atoms with E-state index in [0.717, 1.165) is 28.5 Å². The number of methoxy groups -OCH3 is 2. The van der Waals surface area contributed by atoms with E-state index in [1.165, 1.54) is 4.88 Å². The summed E-state index contributed by atoms with van der Waals surface area (Å²) in [5, 5.41) is 8.85. The number of hydrogen-bond donors (Lipinski definition) is 1. The van der Waals surface area contributed by atoms with Gasteiger partial charge in [-0.3, -0.25) is 0 Å². The van der Waals surface area contributed by atoms with Crippen molar-refractivity contribution in [3.8, 4) is 11.5 Å². The van der Waals surface area contributed by atoms with Gasteiger partial charge in [0.2, 0.25) is 0 Å². The molecule has 1 unspecified atom stereocenters. The molecule has 4 nitrogen and oxygen atoms in total. The third-order valence-electron chi connectivity index (χ3n) is 3.76. The fourth-order valence-electron chi connectivity index (χ4n) is 2.54. The first-order valence-electron chi connectivity index (χ1n) is 7.66. The van der Waals surface area contributed by atoms with Crippen molar-refractivity contribution in [3.63, 3.8) is 0 Å². The molecule has 0 aliphatic heterocycles. The maximum atomic E-state index is 5.47. The molecule has 126 valence electrons. The highest BCUT2D eigenvalue weighted by atomic mass is 32.1. The molecule has 1 aromatic carbocycles. The van der Waals surface area contributed by atoms with Gasteiger partial charge >= 0.3 is 0 Å². The molecule has 3 aromatic rings. The molecule has 0 amide bonds. The first kappa shape index (κ1) is 17.0. The van der Waals surface area contributed by atoms with E-state index in [-0.39, 0.29) is 6.04 Å². The van der Waals surface area contributed by atoms with Gasteiger partial charge in [0.1, 0.15) is 16.5 Å². The zero-order valence-corrected chi connectivity index (χ0v) is 15.3. The molecular formula is C18H20N2O2S2. The van der Waals surface area contributed by atoms with Crippen LogP contribution in [-0.4, -0.2) is 19.2 Å². The maximum absolute atomic E-state index is 5.47. The Labute approximate surface area is 150 Å². The monoisotopic (exact) mass is 360 g/mol. The average molecular weight is 361 g/mol. The van der Waals surface area contributed by atoms with Crippen molar-refractivity contribution in [3.05, 3.63) is 62.7 Å². The van der Waals surface area contributed by atoms with Gasteiger partial charge in [-0.25, -0.2) is 4.98 Å². The fourth-order valence-corrected chi connectivity index (χ4v) is 4.00. The lowest BCUT2D eigenvalue weighted by atomic mass is 10.1. The summed E-state index contributed by atoms with van der Waals surface area (Å²) in [5.74, 6) is 1.69. The van der Waals surface area contributed by atoms with Crippen LogP contribution in [0.2, 0.25) is 0 Å². The van der Waals surface area contributed by atoms with E-state index < -0.39 is 0 Å². The summed E-state index contributed by atoms with van der Waals surface area (Å²) in [6, 6.07) is 10.3. The lowest BCUT2D eigenvalue weighted by Gasteiger charge is -2.17. The van der Waals surface area contributed by atoms with E-state index in [1.807, 2.05) is 29.8 Å². The first-order valence-corrected chi connectivity index (χ1v) is 9.42. The van der Waals surface area contributed by atoms with Gasteiger partial charge in [-0.2, -0.15) is 0 Å². The summed E-state index contributed by atoms with van der Waals surface area (Å²) in [7, 11) is 3.36. The van der Waals surface area contributed by atoms with Gasteiger partial charge in [0.25, 0.3) is 0 Å². The molecule has 2 heterocycles. The topological polar surface area (TPSA) is 43.4 Å². The molecule has 0 fully saturated rings. The molecule has 0 spiro atoms. The van der Waals surface area contributed by atoms with Crippen LogP contribution in [0.3, 0.4) is 0 Å². The normalized spacial score (nSPS) is 12.1. The average Bonchev–Trinajstić information content (AvgIpc) is 3.31. The predicted octanol–water partition coefficient (Wildman–Crippen LogP) is 4.30. The molecule has 1 N–H and O–H groups in total. The molecule has 0 radical (unpaired) electrons. The standard InChI is InChI=1S/C18H20N2O2S2/c1-21-14-5-6-17(22-2)13(10-14)12-20-16(18-19-7-9-24-18)11-15-4-3-8-23-15/h3-10,16,20H,11-12H2,1-2H3. The Morgan fingerprint density at radius 3 is 2.71 bits per heavy atom. The van der Waals surface area contributed by atoms with E-state index in [1.54, 1.807) is 36.9 Å². The van der Waals surface area contributed by atoms with E-state index >= 15 is 0 Å². The number of rotatable bonds is 8. The van der Waals surface area contributed by atoms with Crippen LogP contribution in [0.25, 0.3) is 0 Å². The number of nitrogens with one attached hydrogen (secondary N) is 1. The van der Waals surface area contributed by atoms with Crippen molar-refractivity contribution in [2.24, 2.45) is 0 Å². The summed E-state index contributed by atoms with van der Waals surface area (Å²) >= 11 is 3.46. The third kappa shape index (κ3) is 4.14. The molecule has 0 aliphatic rings. The Morgan fingerprint density at radius 2 is 2.04 bits per heavy atom. The largest absolute Gasteiger partial charge is 0.497 e. The van der Waals surface area contributed by atoms with Gasteiger partial charge in [-0.15, -0.1) is 22.7 Å². The Morgan fingerprint density at radius 1 is 1.12 bits per heavy atom. The maximum Gasteiger partial charge on any atom is 0.123 e. The van der Waals surface area contributed by atoms with Crippen molar-refractivity contribution in [1.29, 1.82) is 0 Å². The smallest absolute Gasteiger partial charge is 0.123 e.